The van der Waals surface area contributed by atoms with Crippen LogP contribution in [0.25, 0.3) is 16.6 Å². The second kappa shape index (κ2) is 9.93. The summed E-state index contributed by atoms with van der Waals surface area (Å²) in [4.78, 5) is 30.2. The summed E-state index contributed by atoms with van der Waals surface area (Å²) in [5.41, 5.74) is 5.62. The highest BCUT2D eigenvalue weighted by molar-refractivity contribution is 9.10. The van der Waals surface area contributed by atoms with Crippen LogP contribution in [0.5, 0.6) is 0 Å². The summed E-state index contributed by atoms with van der Waals surface area (Å²) in [6, 6.07) is 22.3. The number of nitrogens with one attached hydrogen (secondary N) is 1. The van der Waals surface area contributed by atoms with Gasteiger partial charge in [0.1, 0.15) is 0 Å². The number of aromatic nitrogens is 2. The lowest BCUT2D eigenvalue weighted by atomic mass is 10.1. The normalized spacial score (nSPS) is 11.2. The lowest BCUT2D eigenvalue weighted by molar-refractivity contribution is -0.118. The van der Waals surface area contributed by atoms with Crippen LogP contribution in [0.4, 0.5) is 0 Å². The SMILES string of the molecule is Cc1ccccc1/C=N/NC(=O)CSc1nc2ccccc2c(=O)n1-c1ccc(Br)cc1. The van der Waals surface area contributed by atoms with Crippen molar-refractivity contribution in [3.05, 3.63) is 98.7 Å². The molecule has 0 aliphatic heterocycles. The van der Waals surface area contributed by atoms with Crippen molar-refractivity contribution >= 4 is 50.7 Å². The smallest absolute Gasteiger partial charge is 0.266 e. The minimum atomic E-state index is -0.287. The number of carbonyl (C=O) groups excluding carboxylic acids is 1. The lowest BCUT2D eigenvalue weighted by Gasteiger charge is -2.13. The molecule has 0 aliphatic carbocycles. The maximum atomic E-state index is 13.2. The van der Waals surface area contributed by atoms with Gasteiger partial charge in [0, 0.05) is 4.47 Å². The highest BCUT2D eigenvalue weighted by Crippen LogP contribution is 2.22. The molecule has 1 aromatic heterocycles. The Morgan fingerprint density at radius 2 is 1.81 bits per heavy atom. The minimum Gasteiger partial charge on any atom is -0.272 e. The number of halogens is 1. The molecule has 1 heterocycles. The van der Waals surface area contributed by atoms with Gasteiger partial charge in [-0.25, -0.2) is 10.4 Å². The Morgan fingerprint density at radius 1 is 1.09 bits per heavy atom. The van der Waals surface area contributed by atoms with Crippen LogP contribution < -0.4 is 11.0 Å². The van der Waals surface area contributed by atoms with E-state index < -0.39 is 0 Å². The quantitative estimate of drug-likeness (QED) is 0.178. The molecule has 0 atom stereocenters. The average Bonchev–Trinajstić information content (AvgIpc) is 2.80. The molecule has 160 valence electrons. The third-order valence-corrected chi connectivity index (χ3v) is 6.21. The first-order chi connectivity index (χ1) is 15.5. The van der Waals surface area contributed by atoms with Crippen LogP contribution in [-0.4, -0.2) is 27.4 Å². The van der Waals surface area contributed by atoms with Gasteiger partial charge in [-0.05, 0) is 54.4 Å². The van der Waals surface area contributed by atoms with Crippen molar-refractivity contribution in [2.75, 3.05) is 5.75 Å². The van der Waals surface area contributed by atoms with E-state index in [9.17, 15) is 9.59 Å². The molecule has 1 N–H and O–H groups in total. The first kappa shape index (κ1) is 22.0. The predicted molar refractivity (Wildman–Crippen MR) is 133 cm³/mol. The van der Waals surface area contributed by atoms with Gasteiger partial charge in [-0.3, -0.25) is 14.2 Å². The maximum Gasteiger partial charge on any atom is 0.266 e. The Morgan fingerprint density at radius 3 is 2.59 bits per heavy atom. The van der Waals surface area contributed by atoms with E-state index in [2.05, 4.69) is 31.4 Å². The van der Waals surface area contributed by atoms with E-state index in [-0.39, 0.29) is 17.2 Å². The van der Waals surface area contributed by atoms with Crippen molar-refractivity contribution < 1.29 is 4.79 Å². The fourth-order valence-corrected chi connectivity index (χ4v) is 4.16. The van der Waals surface area contributed by atoms with E-state index in [1.165, 1.54) is 16.3 Å². The number of carbonyl (C=O) groups is 1. The molecule has 0 radical (unpaired) electrons. The molecule has 6 nitrogen and oxygen atoms in total. The molecule has 0 saturated carbocycles. The zero-order valence-corrected chi connectivity index (χ0v) is 19.6. The zero-order chi connectivity index (χ0) is 22.5. The molecule has 32 heavy (non-hydrogen) atoms. The molecular formula is C24H19BrN4O2S. The second-order valence-electron chi connectivity index (χ2n) is 6.97. The van der Waals surface area contributed by atoms with Gasteiger partial charge < -0.3 is 0 Å². The number of rotatable bonds is 6. The van der Waals surface area contributed by atoms with E-state index in [0.717, 1.165) is 15.6 Å². The zero-order valence-electron chi connectivity index (χ0n) is 17.2. The lowest BCUT2D eigenvalue weighted by Crippen LogP contribution is -2.24. The number of para-hydroxylation sites is 1. The van der Waals surface area contributed by atoms with Gasteiger partial charge in [-0.2, -0.15) is 5.10 Å². The first-order valence-corrected chi connectivity index (χ1v) is 11.6. The van der Waals surface area contributed by atoms with Gasteiger partial charge in [-0.1, -0.05) is 64.1 Å². The number of hydrogen-bond donors (Lipinski definition) is 1. The third-order valence-electron chi connectivity index (χ3n) is 4.74. The number of hydrogen-bond acceptors (Lipinski definition) is 5. The molecule has 4 aromatic rings. The highest BCUT2D eigenvalue weighted by Gasteiger charge is 2.14. The molecule has 8 heteroatoms. The van der Waals surface area contributed by atoms with Crippen molar-refractivity contribution in [3.63, 3.8) is 0 Å². The molecule has 4 rings (SSSR count). The fraction of sp³-hybridized carbons (Fsp3) is 0.0833. The summed E-state index contributed by atoms with van der Waals surface area (Å²) in [6.45, 7) is 1.98. The Kier molecular flexibility index (Phi) is 6.82. The molecule has 0 saturated heterocycles. The van der Waals surface area contributed by atoms with Crippen LogP contribution in [0.15, 0.2) is 92.3 Å². The third kappa shape index (κ3) is 4.98. The summed E-state index contributed by atoms with van der Waals surface area (Å²) in [6.07, 6.45) is 1.62. The molecule has 0 fully saturated rings. The Bertz CT molecular complexity index is 1370. The monoisotopic (exact) mass is 506 g/mol. The van der Waals surface area contributed by atoms with Gasteiger partial charge >= 0.3 is 0 Å². The average molecular weight is 507 g/mol. The van der Waals surface area contributed by atoms with Crippen LogP contribution in [0.3, 0.4) is 0 Å². The van der Waals surface area contributed by atoms with Gasteiger partial charge in [0.25, 0.3) is 11.5 Å². The topological polar surface area (TPSA) is 76.3 Å². The highest BCUT2D eigenvalue weighted by atomic mass is 79.9. The molecule has 1 amide bonds. The van der Waals surface area contributed by atoms with Crippen LogP contribution in [0.1, 0.15) is 11.1 Å². The fourth-order valence-electron chi connectivity index (χ4n) is 3.09. The summed E-state index contributed by atoms with van der Waals surface area (Å²) < 4.78 is 2.44. The minimum absolute atomic E-state index is 0.0619. The largest absolute Gasteiger partial charge is 0.272 e. The van der Waals surface area contributed by atoms with Crippen molar-refractivity contribution in [1.82, 2.24) is 15.0 Å². The Balaban J connectivity index is 1.57. The van der Waals surface area contributed by atoms with E-state index in [4.69, 9.17) is 0 Å². The van der Waals surface area contributed by atoms with E-state index in [1.54, 1.807) is 18.3 Å². The van der Waals surface area contributed by atoms with Crippen LogP contribution >= 0.6 is 27.7 Å². The van der Waals surface area contributed by atoms with E-state index >= 15 is 0 Å². The second-order valence-corrected chi connectivity index (χ2v) is 8.83. The number of thioether (sulfide) groups is 1. The standard InChI is InChI=1S/C24H19BrN4O2S/c1-16-6-2-3-7-17(16)14-26-28-22(30)15-32-24-27-21-9-5-4-8-20(21)23(31)29(24)19-12-10-18(25)11-13-19/h2-14H,15H2,1H3,(H,28,30)/b26-14+. The number of amides is 1. The maximum absolute atomic E-state index is 13.2. The van der Waals surface area contributed by atoms with Crippen molar-refractivity contribution in [2.24, 2.45) is 5.10 Å². The number of benzene rings is 3. The van der Waals surface area contributed by atoms with E-state index in [0.29, 0.717) is 21.7 Å². The van der Waals surface area contributed by atoms with Crippen LogP contribution in [0, 0.1) is 6.92 Å². The van der Waals surface area contributed by atoms with Crippen LogP contribution in [0.2, 0.25) is 0 Å². The summed E-state index contributed by atoms with van der Waals surface area (Å²) in [5.74, 6) is -0.225. The predicted octanol–water partition coefficient (Wildman–Crippen LogP) is 4.70. The number of fused-ring (bicyclic) bond motifs is 1. The van der Waals surface area contributed by atoms with Gasteiger partial charge in [0.15, 0.2) is 5.16 Å². The number of hydrazone groups is 1. The summed E-state index contributed by atoms with van der Waals surface area (Å²) in [5, 5.41) is 5.00. The van der Waals surface area contributed by atoms with Gasteiger partial charge in [0.2, 0.25) is 0 Å². The summed E-state index contributed by atoms with van der Waals surface area (Å²) >= 11 is 4.60. The number of aryl methyl sites for hydroxylation is 1. The molecule has 0 unspecified atom stereocenters. The van der Waals surface area contributed by atoms with Gasteiger partial charge in [-0.15, -0.1) is 0 Å². The Labute approximate surface area is 197 Å². The molecule has 0 bridgehead atoms. The van der Waals surface area contributed by atoms with Crippen molar-refractivity contribution in [3.8, 4) is 5.69 Å². The van der Waals surface area contributed by atoms with Crippen molar-refractivity contribution in [2.45, 2.75) is 12.1 Å². The van der Waals surface area contributed by atoms with Gasteiger partial charge in [0.05, 0.1) is 28.6 Å². The van der Waals surface area contributed by atoms with Crippen LogP contribution in [-0.2, 0) is 4.79 Å². The molecule has 3 aromatic carbocycles. The summed E-state index contributed by atoms with van der Waals surface area (Å²) in [7, 11) is 0. The Hall–Kier alpha value is -3.23. The molecule has 0 spiro atoms. The first-order valence-electron chi connectivity index (χ1n) is 9.81. The van der Waals surface area contributed by atoms with Crippen molar-refractivity contribution in [1.29, 1.82) is 0 Å². The number of nitrogens with zero attached hydrogens (tertiary/aromatic N) is 3. The molecular weight excluding hydrogens is 488 g/mol. The van der Waals surface area contributed by atoms with E-state index in [1.807, 2.05) is 67.6 Å². The molecule has 0 aliphatic rings.